The minimum atomic E-state index is -5.02. The molecule has 1 heterocycles. The molecule has 1 aliphatic heterocycles. The van der Waals surface area contributed by atoms with Crippen LogP contribution in [-0.2, 0) is 18.6 Å². The van der Waals surface area contributed by atoms with Crippen LogP contribution < -0.4 is 0 Å². The number of carbonyl (C=O) groups excluding carboxylic acids is 1. The Labute approximate surface area is 170 Å². The molecule has 0 radical (unpaired) electrons. The molecule has 3 aromatic carbocycles. The van der Waals surface area contributed by atoms with Crippen LogP contribution in [0.5, 0.6) is 0 Å². The number of esters is 1. The van der Waals surface area contributed by atoms with Crippen LogP contribution in [0.1, 0.15) is 10.4 Å². The van der Waals surface area contributed by atoms with Crippen molar-refractivity contribution in [3.05, 3.63) is 60.2 Å². The fraction of sp³-hybridized carbons (Fsp3) is 0.250. The van der Waals surface area contributed by atoms with Crippen LogP contribution in [0.15, 0.2) is 54.6 Å². The quantitative estimate of drug-likeness (QED) is 0.268. The van der Waals surface area contributed by atoms with Gasteiger partial charge in [-0.25, -0.2) is 9.36 Å². The average Bonchev–Trinajstić information content (AvgIpc) is 2.99. The van der Waals surface area contributed by atoms with Crippen molar-refractivity contribution in [1.29, 1.82) is 0 Å². The first-order valence-corrected chi connectivity index (χ1v) is 10.6. The van der Waals surface area contributed by atoms with E-state index in [0.29, 0.717) is 5.39 Å². The highest BCUT2D eigenvalue weighted by atomic mass is 31.2. The van der Waals surface area contributed by atoms with Crippen LogP contribution in [0, 0.1) is 0 Å². The summed E-state index contributed by atoms with van der Waals surface area (Å²) in [5.74, 6) is -0.828. The lowest BCUT2D eigenvalue weighted by Crippen LogP contribution is -2.37. The van der Waals surface area contributed by atoms with Gasteiger partial charge in [-0.05, 0) is 39.7 Å². The Bertz CT molecular complexity index is 1140. The smallest absolute Gasteiger partial charge is 0.429 e. The monoisotopic (exact) mass is 434 g/mol. The highest BCUT2D eigenvalue weighted by Crippen LogP contribution is 2.42. The van der Waals surface area contributed by atoms with Crippen molar-refractivity contribution in [3.8, 4) is 0 Å². The molecule has 0 saturated carbocycles. The van der Waals surface area contributed by atoms with Gasteiger partial charge in [-0.15, -0.1) is 0 Å². The molecule has 0 bridgehead atoms. The molecule has 1 saturated heterocycles. The maximum Gasteiger partial charge on any atom is 0.470 e. The van der Waals surface area contributed by atoms with Gasteiger partial charge in [0, 0.05) is 0 Å². The molecule has 0 spiro atoms. The van der Waals surface area contributed by atoms with Gasteiger partial charge in [-0.1, -0.05) is 36.4 Å². The minimum absolute atomic E-state index is 0.207. The highest BCUT2D eigenvalue weighted by molar-refractivity contribution is 7.46. The zero-order valence-corrected chi connectivity index (χ0v) is 16.4. The van der Waals surface area contributed by atoms with Gasteiger partial charge in [0.1, 0.15) is 12.2 Å². The van der Waals surface area contributed by atoms with Crippen LogP contribution in [0.25, 0.3) is 21.5 Å². The number of phosphoric acid groups is 1. The van der Waals surface area contributed by atoms with Gasteiger partial charge < -0.3 is 29.5 Å². The van der Waals surface area contributed by atoms with Gasteiger partial charge in [-0.2, -0.15) is 0 Å². The third-order valence-electron chi connectivity index (χ3n) is 4.92. The Kier molecular flexibility index (Phi) is 5.61. The first-order chi connectivity index (χ1) is 14.3. The van der Waals surface area contributed by atoms with E-state index in [1.54, 1.807) is 12.1 Å². The molecule has 0 aliphatic carbocycles. The lowest BCUT2D eigenvalue weighted by atomic mass is 10.00. The van der Waals surface area contributed by atoms with Crippen molar-refractivity contribution in [2.45, 2.75) is 24.6 Å². The Balaban J connectivity index is 1.66. The zero-order chi connectivity index (χ0) is 21.5. The summed E-state index contributed by atoms with van der Waals surface area (Å²) in [6, 6.07) is 16.5. The number of hydrogen-bond acceptors (Lipinski definition) is 7. The van der Waals surface area contributed by atoms with Crippen molar-refractivity contribution < 1.29 is 43.4 Å². The summed E-state index contributed by atoms with van der Waals surface area (Å²) in [5, 5.41) is 22.7. The van der Waals surface area contributed by atoms with Crippen LogP contribution in [0.4, 0.5) is 0 Å². The average molecular weight is 434 g/mol. The van der Waals surface area contributed by atoms with E-state index in [-0.39, 0.29) is 5.56 Å². The third-order valence-corrected chi connectivity index (χ3v) is 5.44. The fourth-order valence-electron chi connectivity index (χ4n) is 3.53. The Morgan fingerprint density at radius 1 is 1.03 bits per heavy atom. The van der Waals surface area contributed by atoms with Gasteiger partial charge in [0.15, 0.2) is 6.10 Å². The number of phosphoric ester groups is 1. The maximum atomic E-state index is 12.9. The topological polar surface area (TPSA) is 143 Å². The lowest BCUT2D eigenvalue weighted by molar-refractivity contribution is -0.137. The van der Waals surface area contributed by atoms with E-state index in [1.165, 1.54) is 0 Å². The summed E-state index contributed by atoms with van der Waals surface area (Å²) in [5.41, 5.74) is 0.207. The van der Waals surface area contributed by atoms with Crippen molar-refractivity contribution in [2.24, 2.45) is 0 Å². The van der Waals surface area contributed by atoms with Gasteiger partial charge in [-0.3, -0.25) is 4.52 Å². The van der Waals surface area contributed by atoms with E-state index in [2.05, 4.69) is 4.52 Å². The van der Waals surface area contributed by atoms with Gasteiger partial charge >= 0.3 is 13.8 Å². The molecule has 3 aromatic rings. The summed E-state index contributed by atoms with van der Waals surface area (Å²) in [4.78, 5) is 31.0. The van der Waals surface area contributed by atoms with E-state index >= 15 is 0 Å². The predicted molar refractivity (Wildman–Crippen MR) is 106 cm³/mol. The number of aliphatic hydroxyl groups is 2. The predicted octanol–water partition coefficient (Wildman–Crippen LogP) is 1.71. The molecule has 158 valence electrons. The summed E-state index contributed by atoms with van der Waals surface area (Å²) in [6.07, 6.45) is -6.11. The van der Waals surface area contributed by atoms with Crippen LogP contribution in [-0.4, -0.2) is 57.2 Å². The van der Waals surface area contributed by atoms with Crippen molar-refractivity contribution in [1.82, 2.24) is 0 Å². The molecule has 0 amide bonds. The van der Waals surface area contributed by atoms with E-state index < -0.39 is 45.0 Å². The van der Waals surface area contributed by atoms with Gasteiger partial charge in [0.2, 0.25) is 6.29 Å². The molecule has 4 N–H and O–H groups in total. The number of rotatable bonds is 5. The second kappa shape index (κ2) is 8.05. The molecule has 9 nitrogen and oxygen atoms in total. The minimum Gasteiger partial charge on any atom is -0.429 e. The van der Waals surface area contributed by atoms with Gasteiger partial charge in [0.25, 0.3) is 0 Å². The molecule has 1 aliphatic rings. The maximum absolute atomic E-state index is 12.9. The molecular weight excluding hydrogens is 415 g/mol. The van der Waals surface area contributed by atoms with Crippen LogP contribution in [0.3, 0.4) is 0 Å². The lowest BCUT2D eigenvalue weighted by Gasteiger charge is -2.21. The number of fused-ring (bicyclic) bond motifs is 2. The second-order valence-corrected chi connectivity index (χ2v) is 8.10. The third kappa shape index (κ3) is 4.10. The fourth-order valence-corrected chi connectivity index (χ4v) is 4.07. The summed E-state index contributed by atoms with van der Waals surface area (Å²) < 4.78 is 26.3. The molecule has 30 heavy (non-hydrogen) atoms. The molecule has 1 fully saturated rings. The van der Waals surface area contributed by atoms with Crippen molar-refractivity contribution in [3.63, 3.8) is 0 Å². The summed E-state index contributed by atoms with van der Waals surface area (Å²) in [7, 11) is -5.02. The number of carbonyl (C=O) groups is 1. The second-order valence-electron chi connectivity index (χ2n) is 6.91. The highest BCUT2D eigenvalue weighted by Gasteiger charge is 2.49. The standard InChI is InChI=1S/C20H19O9P/c21-10-16-17(22)18(29-30(24,25)26)20(27-16)28-19(23)14-7-3-6-13-8-11-4-1-2-5-12(11)9-15(13)14/h1-9,16-18,20-22H,10H2,(H2,24,25,26)/t16-,17-,18-,20?/m1/s1. The normalized spacial score (nSPS) is 24.4. The largest absolute Gasteiger partial charge is 0.470 e. The Morgan fingerprint density at radius 2 is 1.70 bits per heavy atom. The van der Waals surface area contributed by atoms with Crippen molar-refractivity contribution in [2.75, 3.05) is 6.61 Å². The number of aliphatic hydroxyl groups excluding tert-OH is 2. The molecule has 4 rings (SSSR count). The van der Waals surface area contributed by atoms with Gasteiger partial charge in [0.05, 0.1) is 12.2 Å². The van der Waals surface area contributed by atoms with Crippen LogP contribution >= 0.6 is 7.82 Å². The zero-order valence-electron chi connectivity index (χ0n) is 15.5. The molecule has 0 aromatic heterocycles. The van der Waals surface area contributed by atoms with E-state index in [1.807, 2.05) is 42.5 Å². The molecular formula is C20H19O9P. The number of benzene rings is 3. The molecule has 1 unspecified atom stereocenters. The SMILES string of the molecule is O=C(OC1O[C@H](CO)[C@@H](O)[C@H]1OP(=O)(O)O)c1cccc2cc3ccccc3cc12. The number of ether oxygens (including phenoxy) is 2. The van der Waals surface area contributed by atoms with E-state index in [0.717, 1.165) is 16.2 Å². The first-order valence-electron chi connectivity index (χ1n) is 9.07. The summed E-state index contributed by atoms with van der Waals surface area (Å²) >= 11 is 0. The molecule has 10 heteroatoms. The Hall–Kier alpha value is -2.36. The number of hydrogen-bond donors (Lipinski definition) is 4. The van der Waals surface area contributed by atoms with Crippen molar-refractivity contribution >= 4 is 35.3 Å². The van der Waals surface area contributed by atoms with E-state index in [9.17, 15) is 19.6 Å². The Morgan fingerprint density at radius 3 is 2.37 bits per heavy atom. The van der Waals surface area contributed by atoms with E-state index in [4.69, 9.17) is 19.3 Å². The summed E-state index contributed by atoms with van der Waals surface area (Å²) in [6.45, 7) is -0.656. The van der Waals surface area contributed by atoms with Crippen LogP contribution in [0.2, 0.25) is 0 Å². The first kappa shape index (κ1) is 20.9. The molecule has 4 atom stereocenters.